The molecule has 0 aliphatic rings. The highest BCUT2D eigenvalue weighted by atomic mass is 127. The minimum absolute atomic E-state index is 0. The Hall–Kier alpha value is -1.35. The maximum Gasteiger partial charge on any atom is 0.228 e. The molecule has 2 aromatic rings. The molecule has 0 bridgehead atoms. The normalized spacial score (nSPS) is 11.1. The zero-order valence-electron chi connectivity index (χ0n) is 15.3. The van der Waals surface area contributed by atoms with E-state index in [9.17, 15) is 0 Å². The largest absolute Gasteiger partial charge is 0.357 e. The lowest BCUT2D eigenvalue weighted by molar-refractivity contribution is 0.378. The molecule has 2 N–H and O–H groups in total. The Morgan fingerprint density at radius 3 is 2.81 bits per heavy atom. The maximum atomic E-state index is 5.99. The quantitative estimate of drug-likeness (QED) is 0.237. The Bertz CT molecular complexity index is 677. The van der Waals surface area contributed by atoms with Crippen LogP contribution in [0.5, 0.6) is 0 Å². The highest BCUT2D eigenvalue weighted by Crippen LogP contribution is 2.19. The fraction of sp³-hybridized carbons (Fsp3) is 0.500. The maximum absolute atomic E-state index is 5.99. The highest BCUT2D eigenvalue weighted by molar-refractivity contribution is 14.0. The Balaban J connectivity index is 0.00000338. The van der Waals surface area contributed by atoms with E-state index in [4.69, 9.17) is 16.1 Å². The predicted octanol–water partition coefficient (Wildman–Crippen LogP) is 4.30. The van der Waals surface area contributed by atoms with Gasteiger partial charge < -0.3 is 15.2 Å². The SMILES string of the molecule is CCCCCN=C(NCC)NCCc1nc(-c2cccc(Cl)c2)no1.I. The smallest absolute Gasteiger partial charge is 0.228 e. The molecule has 1 aromatic carbocycles. The summed E-state index contributed by atoms with van der Waals surface area (Å²) in [4.78, 5) is 8.97. The fourth-order valence-electron chi connectivity index (χ4n) is 2.28. The molecule has 144 valence electrons. The van der Waals surface area contributed by atoms with Crippen molar-refractivity contribution in [2.45, 2.75) is 39.5 Å². The standard InChI is InChI=1S/C18H26ClN5O.HI/c1-3-5-6-11-21-18(20-4-2)22-12-10-16-23-17(24-25-16)14-8-7-9-15(19)13-14;/h7-9,13H,3-6,10-12H2,1-2H3,(H2,20,21,22);1H. The molecule has 0 spiro atoms. The van der Waals surface area contributed by atoms with Crippen LogP contribution in [-0.2, 0) is 6.42 Å². The van der Waals surface area contributed by atoms with Crippen LogP contribution in [0, 0.1) is 0 Å². The fourth-order valence-corrected chi connectivity index (χ4v) is 2.47. The molecule has 0 fully saturated rings. The monoisotopic (exact) mass is 491 g/mol. The van der Waals surface area contributed by atoms with Gasteiger partial charge in [0.2, 0.25) is 11.7 Å². The molecule has 0 aliphatic carbocycles. The molecule has 6 nitrogen and oxygen atoms in total. The van der Waals surface area contributed by atoms with Gasteiger partial charge in [0.05, 0.1) is 0 Å². The number of rotatable bonds is 9. The molecule has 0 aliphatic heterocycles. The van der Waals surface area contributed by atoms with Gasteiger partial charge in [0.25, 0.3) is 0 Å². The minimum Gasteiger partial charge on any atom is -0.357 e. The molecule has 0 saturated carbocycles. The number of nitrogens with zero attached hydrogens (tertiary/aromatic N) is 3. The van der Waals surface area contributed by atoms with Crippen LogP contribution in [0.3, 0.4) is 0 Å². The third kappa shape index (κ3) is 7.90. The van der Waals surface area contributed by atoms with Crippen molar-refractivity contribution in [3.05, 3.63) is 35.2 Å². The van der Waals surface area contributed by atoms with Crippen molar-refractivity contribution in [3.63, 3.8) is 0 Å². The summed E-state index contributed by atoms with van der Waals surface area (Å²) in [7, 11) is 0. The van der Waals surface area contributed by atoms with Gasteiger partial charge in [-0.2, -0.15) is 4.98 Å². The second-order valence-corrected chi connectivity index (χ2v) is 6.10. The molecule has 0 saturated heterocycles. The van der Waals surface area contributed by atoms with Crippen molar-refractivity contribution in [3.8, 4) is 11.4 Å². The number of unbranched alkanes of at least 4 members (excludes halogenated alkanes) is 2. The van der Waals surface area contributed by atoms with E-state index in [0.29, 0.717) is 29.7 Å². The van der Waals surface area contributed by atoms with E-state index in [2.05, 4.69) is 39.6 Å². The van der Waals surface area contributed by atoms with E-state index in [1.165, 1.54) is 12.8 Å². The van der Waals surface area contributed by atoms with Crippen LogP contribution >= 0.6 is 35.6 Å². The van der Waals surface area contributed by atoms with Gasteiger partial charge in [-0.05, 0) is 25.5 Å². The summed E-state index contributed by atoms with van der Waals surface area (Å²) < 4.78 is 5.31. The van der Waals surface area contributed by atoms with Crippen LogP contribution in [0.25, 0.3) is 11.4 Å². The summed E-state index contributed by atoms with van der Waals surface area (Å²) in [6.45, 7) is 6.59. The number of benzene rings is 1. The summed E-state index contributed by atoms with van der Waals surface area (Å²) in [6.07, 6.45) is 4.15. The summed E-state index contributed by atoms with van der Waals surface area (Å²) in [5.74, 6) is 1.97. The van der Waals surface area contributed by atoms with E-state index in [-0.39, 0.29) is 24.0 Å². The van der Waals surface area contributed by atoms with Crippen LogP contribution < -0.4 is 10.6 Å². The Kier molecular flexibility index (Phi) is 11.3. The first-order chi connectivity index (χ1) is 12.2. The molecule has 1 heterocycles. The number of guanidine groups is 1. The number of hydrogen-bond acceptors (Lipinski definition) is 4. The molecular formula is C18H27ClIN5O. The molecule has 0 unspecified atom stereocenters. The number of halogens is 2. The van der Waals surface area contributed by atoms with Crippen LogP contribution in [0.4, 0.5) is 0 Å². The summed E-state index contributed by atoms with van der Waals surface area (Å²) in [5, 5.41) is 11.2. The van der Waals surface area contributed by atoms with Gasteiger partial charge in [0, 0.05) is 36.6 Å². The Morgan fingerprint density at radius 2 is 2.08 bits per heavy atom. The lowest BCUT2D eigenvalue weighted by atomic mass is 10.2. The summed E-state index contributed by atoms with van der Waals surface area (Å²) in [6, 6.07) is 7.41. The van der Waals surface area contributed by atoms with Gasteiger partial charge in [-0.3, -0.25) is 4.99 Å². The Labute approximate surface area is 177 Å². The van der Waals surface area contributed by atoms with Crippen molar-refractivity contribution < 1.29 is 4.52 Å². The molecular weight excluding hydrogens is 465 g/mol. The second kappa shape index (κ2) is 12.9. The van der Waals surface area contributed by atoms with Crippen molar-refractivity contribution in [1.82, 2.24) is 20.8 Å². The number of aromatic nitrogens is 2. The molecule has 2 rings (SSSR count). The zero-order chi connectivity index (χ0) is 17.9. The van der Waals surface area contributed by atoms with Crippen molar-refractivity contribution in [2.24, 2.45) is 4.99 Å². The second-order valence-electron chi connectivity index (χ2n) is 5.67. The first-order valence-corrected chi connectivity index (χ1v) is 9.21. The van der Waals surface area contributed by atoms with Crippen LogP contribution in [0.2, 0.25) is 5.02 Å². The van der Waals surface area contributed by atoms with Gasteiger partial charge in [0.15, 0.2) is 5.96 Å². The average Bonchev–Trinajstić information content (AvgIpc) is 3.07. The number of hydrogen-bond donors (Lipinski definition) is 2. The molecule has 0 amide bonds. The van der Waals surface area contributed by atoms with Gasteiger partial charge in [0.1, 0.15) is 0 Å². The van der Waals surface area contributed by atoms with E-state index in [1.54, 1.807) is 0 Å². The van der Waals surface area contributed by atoms with Crippen molar-refractivity contribution in [1.29, 1.82) is 0 Å². The van der Waals surface area contributed by atoms with E-state index in [0.717, 1.165) is 31.0 Å². The summed E-state index contributed by atoms with van der Waals surface area (Å²) >= 11 is 5.99. The van der Waals surface area contributed by atoms with Crippen molar-refractivity contribution >= 4 is 41.5 Å². The van der Waals surface area contributed by atoms with E-state index >= 15 is 0 Å². The van der Waals surface area contributed by atoms with E-state index in [1.807, 2.05) is 24.3 Å². The lowest BCUT2D eigenvalue weighted by Crippen LogP contribution is -2.38. The van der Waals surface area contributed by atoms with Crippen LogP contribution in [-0.4, -0.2) is 35.7 Å². The summed E-state index contributed by atoms with van der Waals surface area (Å²) in [5.41, 5.74) is 0.848. The van der Waals surface area contributed by atoms with Gasteiger partial charge >= 0.3 is 0 Å². The highest BCUT2D eigenvalue weighted by Gasteiger charge is 2.09. The Morgan fingerprint density at radius 1 is 1.23 bits per heavy atom. The van der Waals surface area contributed by atoms with E-state index < -0.39 is 0 Å². The molecule has 1 aromatic heterocycles. The zero-order valence-corrected chi connectivity index (χ0v) is 18.4. The number of aliphatic imine (C=N–C) groups is 1. The third-order valence-corrected chi connectivity index (χ3v) is 3.79. The van der Waals surface area contributed by atoms with Crippen molar-refractivity contribution in [2.75, 3.05) is 19.6 Å². The minimum atomic E-state index is 0. The lowest BCUT2D eigenvalue weighted by Gasteiger charge is -2.10. The molecule has 8 heteroatoms. The molecule has 0 atom stereocenters. The van der Waals surface area contributed by atoms with Gasteiger partial charge in [-0.1, -0.05) is 48.7 Å². The van der Waals surface area contributed by atoms with Crippen LogP contribution in [0.1, 0.15) is 39.0 Å². The van der Waals surface area contributed by atoms with Gasteiger partial charge in [-0.15, -0.1) is 24.0 Å². The predicted molar refractivity (Wildman–Crippen MR) is 117 cm³/mol. The molecule has 26 heavy (non-hydrogen) atoms. The first kappa shape index (κ1) is 22.7. The number of nitrogens with one attached hydrogen (secondary N) is 2. The third-order valence-electron chi connectivity index (χ3n) is 3.56. The first-order valence-electron chi connectivity index (χ1n) is 8.83. The average molecular weight is 492 g/mol. The topological polar surface area (TPSA) is 75.3 Å². The van der Waals surface area contributed by atoms with Gasteiger partial charge in [-0.25, -0.2) is 0 Å². The molecule has 0 radical (unpaired) electrons. The van der Waals surface area contributed by atoms with Crippen LogP contribution in [0.15, 0.2) is 33.8 Å².